The van der Waals surface area contributed by atoms with Gasteiger partial charge >= 0.3 is 25.7 Å². The topological polar surface area (TPSA) is 155 Å². The zero-order valence-corrected chi connectivity index (χ0v) is 50.5. The molecule has 0 saturated heterocycles. The van der Waals surface area contributed by atoms with Gasteiger partial charge in [0.25, 0.3) is 0 Å². The number of phosphoric acid groups is 1. The van der Waals surface area contributed by atoms with Crippen molar-refractivity contribution < 1.29 is 52.2 Å². The molecule has 78 heavy (non-hydrogen) atoms. The molecule has 0 aromatic carbocycles. The van der Waals surface area contributed by atoms with Crippen LogP contribution in [-0.4, -0.2) is 66.5 Å². The van der Waals surface area contributed by atoms with Gasteiger partial charge in [0, 0.05) is 19.3 Å². The molecule has 0 bridgehead atoms. The van der Waals surface area contributed by atoms with Crippen LogP contribution in [0.1, 0.15) is 265 Å². The highest BCUT2D eigenvalue weighted by molar-refractivity contribution is 7.47. The first-order valence-corrected chi connectivity index (χ1v) is 32.6. The van der Waals surface area contributed by atoms with E-state index in [0.29, 0.717) is 19.3 Å². The molecule has 0 spiro atoms. The number of carbonyl (C=O) groups is 3. The largest absolute Gasteiger partial charge is 0.472 e. The fourth-order valence-corrected chi connectivity index (χ4v) is 9.01. The van der Waals surface area contributed by atoms with Gasteiger partial charge in [0.1, 0.15) is 12.7 Å². The van der Waals surface area contributed by atoms with Gasteiger partial charge in [-0.25, -0.2) is 4.57 Å². The Labute approximate surface area is 476 Å². The summed E-state index contributed by atoms with van der Waals surface area (Å²) in [5.41, 5.74) is 0. The number of hydrogen-bond acceptors (Lipinski definition) is 10. The smallest absolute Gasteiger partial charge is 0.462 e. The van der Waals surface area contributed by atoms with Gasteiger partial charge in [-0.1, -0.05) is 221 Å². The standard InChI is InChI=1S/C66H113O11P/c1-4-7-10-13-16-19-22-25-28-30-31-33-35-37-40-43-46-49-52-55-64(68)73-59-63(77-66(70)57-54-51-48-45-42-39-36-32-29-26-23-20-17-14-11-8-5-2)61-75-78(71,72)74-60-62(58-67)76-65(69)56-53-50-47-44-41-38-34-27-24-21-18-15-12-9-6-3/h8,11,16-17,19-20,25-29,31,33-34,36,39,62-63,67H,4-7,9-10,12-15,18,21-24,30,32,35,37-38,40-61H2,1-3H3,(H,71,72)/b11-8-,19-16-,20-17-,28-25-,29-26-,33-31-,34-27-,39-36-. The molecule has 0 aliphatic carbocycles. The first kappa shape index (κ1) is 74.4. The minimum atomic E-state index is -4.77. The van der Waals surface area contributed by atoms with Crippen LogP contribution in [0.15, 0.2) is 97.2 Å². The molecule has 0 aliphatic heterocycles. The Morgan fingerprint density at radius 3 is 1.06 bits per heavy atom. The van der Waals surface area contributed by atoms with E-state index in [2.05, 4.69) is 118 Å². The average molecular weight is 1110 g/mol. The normalized spacial score (nSPS) is 14.0. The van der Waals surface area contributed by atoms with E-state index in [1.54, 1.807) is 0 Å². The van der Waals surface area contributed by atoms with Crippen LogP contribution in [0.5, 0.6) is 0 Å². The van der Waals surface area contributed by atoms with E-state index in [-0.39, 0.29) is 25.9 Å². The third-order valence-electron chi connectivity index (χ3n) is 13.0. The molecule has 0 rings (SSSR count). The molecular weight excluding hydrogens is 1000 g/mol. The maximum Gasteiger partial charge on any atom is 0.472 e. The molecule has 12 heteroatoms. The monoisotopic (exact) mass is 1110 g/mol. The number of ether oxygens (including phenoxy) is 3. The van der Waals surface area contributed by atoms with Crippen molar-refractivity contribution in [1.82, 2.24) is 0 Å². The van der Waals surface area contributed by atoms with Crippen molar-refractivity contribution in [2.45, 2.75) is 277 Å². The first-order valence-electron chi connectivity index (χ1n) is 31.1. The Morgan fingerprint density at radius 2 is 0.667 bits per heavy atom. The lowest BCUT2D eigenvalue weighted by molar-refractivity contribution is -0.161. The van der Waals surface area contributed by atoms with E-state index in [1.807, 2.05) is 0 Å². The van der Waals surface area contributed by atoms with Crippen molar-refractivity contribution in [3.05, 3.63) is 97.2 Å². The molecular formula is C66H113O11P. The number of phosphoric ester groups is 1. The number of esters is 3. The molecule has 0 saturated carbocycles. The molecule has 0 aliphatic rings. The van der Waals surface area contributed by atoms with E-state index in [4.69, 9.17) is 23.3 Å². The van der Waals surface area contributed by atoms with Crippen LogP contribution in [0.4, 0.5) is 0 Å². The molecule has 0 aromatic rings. The van der Waals surface area contributed by atoms with E-state index < -0.39 is 57.8 Å². The predicted octanol–water partition coefficient (Wildman–Crippen LogP) is 18.8. The van der Waals surface area contributed by atoms with Gasteiger partial charge in [-0.2, -0.15) is 0 Å². The molecule has 0 radical (unpaired) electrons. The third-order valence-corrected chi connectivity index (χ3v) is 13.9. The van der Waals surface area contributed by atoms with Crippen molar-refractivity contribution in [3.8, 4) is 0 Å². The predicted molar refractivity (Wildman–Crippen MR) is 325 cm³/mol. The summed E-state index contributed by atoms with van der Waals surface area (Å²) in [6.45, 7) is 4.46. The molecule has 0 amide bonds. The number of aliphatic hydroxyl groups is 1. The van der Waals surface area contributed by atoms with Crippen molar-refractivity contribution in [1.29, 1.82) is 0 Å². The lowest BCUT2D eigenvalue weighted by Gasteiger charge is -2.21. The zero-order valence-electron chi connectivity index (χ0n) is 49.6. The average Bonchev–Trinajstić information content (AvgIpc) is 3.43. The van der Waals surface area contributed by atoms with Crippen LogP contribution in [0.3, 0.4) is 0 Å². The molecule has 0 heterocycles. The summed E-state index contributed by atoms with van der Waals surface area (Å²) >= 11 is 0. The summed E-state index contributed by atoms with van der Waals surface area (Å²) in [7, 11) is -4.77. The molecule has 448 valence electrons. The summed E-state index contributed by atoms with van der Waals surface area (Å²) in [6, 6.07) is 0. The van der Waals surface area contributed by atoms with Crippen LogP contribution >= 0.6 is 7.82 Å². The summed E-state index contributed by atoms with van der Waals surface area (Å²) in [4.78, 5) is 48.7. The fourth-order valence-electron chi connectivity index (χ4n) is 8.23. The minimum absolute atomic E-state index is 0.132. The number of hydrogen-bond donors (Lipinski definition) is 2. The molecule has 11 nitrogen and oxygen atoms in total. The zero-order chi connectivity index (χ0) is 56.9. The Morgan fingerprint density at radius 1 is 0.372 bits per heavy atom. The lowest BCUT2D eigenvalue weighted by Crippen LogP contribution is -2.30. The van der Waals surface area contributed by atoms with Crippen LogP contribution in [0.25, 0.3) is 0 Å². The van der Waals surface area contributed by atoms with Crippen molar-refractivity contribution in [2.75, 3.05) is 26.4 Å². The number of rotatable bonds is 57. The highest BCUT2D eigenvalue weighted by Gasteiger charge is 2.28. The van der Waals surface area contributed by atoms with Gasteiger partial charge in [-0.15, -0.1) is 0 Å². The highest BCUT2D eigenvalue weighted by Crippen LogP contribution is 2.43. The minimum Gasteiger partial charge on any atom is -0.462 e. The molecule has 0 fully saturated rings. The second kappa shape index (κ2) is 59.5. The van der Waals surface area contributed by atoms with Gasteiger partial charge in [0.2, 0.25) is 0 Å². The lowest BCUT2D eigenvalue weighted by atomic mass is 10.1. The molecule has 0 aromatic heterocycles. The maximum absolute atomic E-state index is 12.9. The first-order chi connectivity index (χ1) is 38.2. The van der Waals surface area contributed by atoms with E-state index in [1.165, 1.54) is 64.2 Å². The van der Waals surface area contributed by atoms with Crippen molar-refractivity contribution in [3.63, 3.8) is 0 Å². The van der Waals surface area contributed by atoms with E-state index in [0.717, 1.165) is 141 Å². The van der Waals surface area contributed by atoms with Crippen molar-refractivity contribution >= 4 is 25.7 Å². The molecule has 3 atom stereocenters. The van der Waals surface area contributed by atoms with Crippen LogP contribution in [0.2, 0.25) is 0 Å². The van der Waals surface area contributed by atoms with Gasteiger partial charge in [0.15, 0.2) is 6.10 Å². The molecule has 3 unspecified atom stereocenters. The maximum atomic E-state index is 12.9. The Hall–Kier alpha value is -3.60. The van der Waals surface area contributed by atoms with E-state index >= 15 is 0 Å². The number of allylic oxidation sites excluding steroid dienone is 16. The summed E-state index contributed by atoms with van der Waals surface area (Å²) in [6.07, 6.45) is 70.7. The van der Waals surface area contributed by atoms with Crippen LogP contribution in [0, 0.1) is 0 Å². The second-order valence-electron chi connectivity index (χ2n) is 20.5. The fraction of sp³-hybridized carbons (Fsp3) is 0.712. The van der Waals surface area contributed by atoms with Gasteiger partial charge in [0.05, 0.1) is 19.8 Å². The third kappa shape index (κ3) is 57.1. The van der Waals surface area contributed by atoms with Crippen molar-refractivity contribution in [2.24, 2.45) is 0 Å². The van der Waals surface area contributed by atoms with Gasteiger partial charge < -0.3 is 24.2 Å². The summed E-state index contributed by atoms with van der Waals surface area (Å²) in [5.74, 6) is -1.52. The Kier molecular flexibility index (Phi) is 56.8. The quantitative estimate of drug-likeness (QED) is 0.0197. The van der Waals surface area contributed by atoms with Gasteiger partial charge in [-0.05, 0) is 122 Å². The molecule has 2 N–H and O–H groups in total. The number of aliphatic hydroxyl groups excluding tert-OH is 1. The van der Waals surface area contributed by atoms with E-state index in [9.17, 15) is 28.9 Å². The highest BCUT2D eigenvalue weighted by atomic mass is 31.2. The Bertz CT molecular complexity index is 1680. The summed E-state index contributed by atoms with van der Waals surface area (Å²) < 4.78 is 39.6. The second-order valence-corrected chi connectivity index (χ2v) is 21.9. The Balaban J connectivity index is 4.78. The van der Waals surface area contributed by atoms with Gasteiger partial charge in [-0.3, -0.25) is 23.4 Å². The number of unbranched alkanes of at least 4 members (excludes halogenated alkanes) is 24. The van der Waals surface area contributed by atoms with Crippen LogP contribution in [-0.2, 0) is 42.2 Å². The SMILES string of the molecule is CC/C=C\C/C=C\C/C=C\C/C=C\CCCCCCC(=O)OC(COC(=O)CCCCCCCC/C=C\C/C=C\C/C=C\CCCCC)COP(=O)(O)OCC(CO)OC(=O)CCCCCCC/C=C\CCCCCCCC. The summed E-state index contributed by atoms with van der Waals surface area (Å²) in [5, 5.41) is 9.84. The van der Waals surface area contributed by atoms with Crippen LogP contribution < -0.4 is 0 Å². The number of carbonyl (C=O) groups excluding carboxylic acids is 3.